The van der Waals surface area contributed by atoms with Gasteiger partial charge in [0.25, 0.3) is 0 Å². The van der Waals surface area contributed by atoms with Gasteiger partial charge in [-0.1, -0.05) is 6.07 Å². The number of benzene rings is 1. The fourth-order valence-electron chi connectivity index (χ4n) is 1.19. The van der Waals surface area contributed by atoms with E-state index in [9.17, 15) is 5.11 Å². The lowest BCUT2D eigenvalue weighted by Crippen LogP contribution is -2.28. The van der Waals surface area contributed by atoms with E-state index in [4.69, 9.17) is 9.84 Å². The standard InChI is InChI=1S/C11H17NO3/c1-8(7-13)12-6-9-3-4-10(14)11(5-9)15-2/h3-5,8,12-14H,6-7H2,1-2H3. The first-order valence-corrected chi connectivity index (χ1v) is 4.87. The highest BCUT2D eigenvalue weighted by Gasteiger charge is 2.03. The maximum Gasteiger partial charge on any atom is 0.160 e. The second-order valence-electron chi connectivity index (χ2n) is 3.47. The second kappa shape index (κ2) is 5.58. The molecule has 0 spiro atoms. The van der Waals surface area contributed by atoms with Gasteiger partial charge in [0.15, 0.2) is 11.5 Å². The Kier molecular flexibility index (Phi) is 4.39. The van der Waals surface area contributed by atoms with Gasteiger partial charge in [0, 0.05) is 12.6 Å². The van der Waals surface area contributed by atoms with Crippen LogP contribution in [0.5, 0.6) is 11.5 Å². The number of phenolic OH excluding ortho intramolecular Hbond substituents is 1. The van der Waals surface area contributed by atoms with E-state index < -0.39 is 0 Å². The van der Waals surface area contributed by atoms with Crippen LogP contribution in [0.1, 0.15) is 12.5 Å². The van der Waals surface area contributed by atoms with Crippen molar-refractivity contribution in [3.05, 3.63) is 23.8 Å². The molecule has 0 heterocycles. The molecule has 15 heavy (non-hydrogen) atoms. The molecule has 84 valence electrons. The highest BCUT2D eigenvalue weighted by atomic mass is 16.5. The second-order valence-corrected chi connectivity index (χ2v) is 3.47. The van der Waals surface area contributed by atoms with Crippen LogP contribution in [0, 0.1) is 0 Å². The van der Waals surface area contributed by atoms with Gasteiger partial charge in [0.05, 0.1) is 13.7 Å². The monoisotopic (exact) mass is 211 g/mol. The van der Waals surface area contributed by atoms with Gasteiger partial charge in [-0.25, -0.2) is 0 Å². The van der Waals surface area contributed by atoms with E-state index >= 15 is 0 Å². The van der Waals surface area contributed by atoms with Crippen molar-refractivity contribution in [1.29, 1.82) is 0 Å². The van der Waals surface area contributed by atoms with Gasteiger partial charge >= 0.3 is 0 Å². The number of rotatable bonds is 5. The Balaban J connectivity index is 2.62. The molecule has 0 saturated heterocycles. The molecule has 1 aromatic rings. The number of methoxy groups -OCH3 is 1. The van der Waals surface area contributed by atoms with Crippen molar-refractivity contribution in [3.63, 3.8) is 0 Å². The van der Waals surface area contributed by atoms with Crippen molar-refractivity contribution >= 4 is 0 Å². The molecule has 0 bridgehead atoms. The first-order chi connectivity index (χ1) is 7.17. The molecule has 1 unspecified atom stereocenters. The topological polar surface area (TPSA) is 61.7 Å². The Bertz CT molecular complexity index is 315. The van der Waals surface area contributed by atoms with Crippen molar-refractivity contribution in [2.45, 2.75) is 19.5 Å². The number of aliphatic hydroxyl groups excluding tert-OH is 1. The number of ether oxygens (including phenoxy) is 1. The van der Waals surface area contributed by atoms with E-state index in [1.165, 1.54) is 7.11 Å². The third kappa shape index (κ3) is 3.42. The molecule has 0 aliphatic heterocycles. The van der Waals surface area contributed by atoms with Crippen LogP contribution in [-0.2, 0) is 6.54 Å². The summed E-state index contributed by atoms with van der Waals surface area (Å²) in [6, 6.07) is 5.24. The van der Waals surface area contributed by atoms with E-state index in [0.29, 0.717) is 12.3 Å². The van der Waals surface area contributed by atoms with Crippen LogP contribution in [-0.4, -0.2) is 30.0 Å². The Labute approximate surface area is 89.5 Å². The minimum Gasteiger partial charge on any atom is -0.504 e. The minimum absolute atomic E-state index is 0.0600. The van der Waals surface area contributed by atoms with E-state index in [1.54, 1.807) is 12.1 Å². The zero-order chi connectivity index (χ0) is 11.3. The first-order valence-electron chi connectivity index (χ1n) is 4.87. The largest absolute Gasteiger partial charge is 0.504 e. The number of hydrogen-bond acceptors (Lipinski definition) is 4. The molecule has 1 rings (SSSR count). The van der Waals surface area contributed by atoms with Crippen LogP contribution in [0.3, 0.4) is 0 Å². The Morgan fingerprint density at radius 2 is 2.20 bits per heavy atom. The maximum absolute atomic E-state index is 9.37. The lowest BCUT2D eigenvalue weighted by atomic mass is 10.2. The van der Waals surface area contributed by atoms with Crippen LogP contribution < -0.4 is 10.1 Å². The molecule has 1 aromatic carbocycles. The predicted octanol–water partition coefficient (Wildman–Crippen LogP) is 0.871. The van der Waals surface area contributed by atoms with Gasteiger partial charge in [-0.15, -0.1) is 0 Å². The summed E-state index contributed by atoms with van der Waals surface area (Å²) in [5.41, 5.74) is 1.00. The van der Waals surface area contributed by atoms with Crippen molar-refractivity contribution < 1.29 is 14.9 Å². The number of hydrogen-bond donors (Lipinski definition) is 3. The van der Waals surface area contributed by atoms with Crippen LogP contribution in [0.4, 0.5) is 0 Å². The molecule has 4 heteroatoms. The lowest BCUT2D eigenvalue weighted by Gasteiger charge is -2.11. The van der Waals surface area contributed by atoms with Crippen molar-refractivity contribution in [2.24, 2.45) is 0 Å². The van der Waals surface area contributed by atoms with Gasteiger partial charge in [0.1, 0.15) is 0 Å². The summed E-state index contributed by atoms with van der Waals surface area (Å²) in [5.74, 6) is 0.599. The molecule has 0 aliphatic carbocycles. The summed E-state index contributed by atoms with van der Waals surface area (Å²) in [7, 11) is 1.52. The van der Waals surface area contributed by atoms with E-state index in [1.807, 2.05) is 13.0 Å². The van der Waals surface area contributed by atoms with E-state index in [0.717, 1.165) is 5.56 Å². The smallest absolute Gasteiger partial charge is 0.160 e. The average molecular weight is 211 g/mol. The molecule has 0 aromatic heterocycles. The maximum atomic E-state index is 9.37. The van der Waals surface area contributed by atoms with E-state index in [-0.39, 0.29) is 18.4 Å². The Morgan fingerprint density at radius 3 is 2.80 bits per heavy atom. The van der Waals surface area contributed by atoms with Gasteiger partial charge < -0.3 is 20.3 Å². The van der Waals surface area contributed by atoms with Gasteiger partial charge in [-0.2, -0.15) is 0 Å². The number of phenols is 1. The molecule has 0 amide bonds. The molecular formula is C11H17NO3. The third-order valence-electron chi connectivity index (χ3n) is 2.17. The lowest BCUT2D eigenvalue weighted by molar-refractivity contribution is 0.251. The van der Waals surface area contributed by atoms with Gasteiger partial charge in [-0.3, -0.25) is 0 Å². The van der Waals surface area contributed by atoms with Crippen LogP contribution in [0.15, 0.2) is 18.2 Å². The zero-order valence-corrected chi connectivity index (χ0v) is 9.03. The van der Waals surface area contributed by atoms with Crippen molar-refractivity contribution in [2.75, 3.05) is 13.7 Å². The molecule has 0 saturated carbocycles. The molecule has 0 fully saturated rings. The van der Waals surface area contributed by atoms with Crippen LogP contribution in [0.2, 0.25) is 0 Å². The highest BCUT2D eigenvalue weighted by Crippen LogP contribution is 2.26. The molecule has 1 atom stereocenters. The summed E-state index contributed by atoms with van der Waals surface area (Å²) in [5, 5.41) is 21.3. The molecule has 0 radical (unpaired) electrons. The molecular weight excluding hydrogens is 194 g/mol. The number of aliphatic hydroxyl groups is 1. The van der Waals surface area contributed by atoms with Crippen molar-refractivity contribution in [1.82, 2.24) is 5.32 Å². The quantitative estimate of drug-likeness (QED) is 0.676. The SMILES string of the molecule is COc1cc(CNC(C)CO)ccc1O. The molecule has 3 N–H and O–H groups in total. The van der Waals surface area contributed by atoms with Crippen molar-refractivity contribution in [3.8, 4) is 11.5 Å². The summed E-state index contributed by atoms with van der Waals surface area (Å²) < 4.78 is 4.99. The fourth-order valence-corrected chi connectivity index (χ4v) is 1.19. The van der Waals surface area contributed by atoms with Gasteiger partial charge in [-0.05, 0) is 24.6 Å². The Morgan fingerprint density at radius 1 is 1.47 bits per heavy atom. The third-order valence-corrected chi connectivity index (χ3v) is 2.17. The van der Waals surface area contributed by atoms with Gasteiger partial charge in [0.2, 0.25) is 0 Å². The highest BCUT2D eigenvalue weighted by molar-refractivity contribution is 5.41. The molecule has 4 nitrogen and oxygen atoms in total. The first kappa shape index (κ1) is 11.8. The predicted molar refractivity (Wildman–Crippen MR) is 58.0 cm³/mol. The zero-order valence-electron chi connectivity index (χ0n) is 9.03. The number of aromatic hydroxyl groups is 1. The Hall–Kier alpha value is -1.26. The van der Waals surface area contributed by atoms with E-state index in [2.05, 4.69) is 5.32 Å². The minimum atomic E-state index is 0.0600. The van der Waals surface area contributed by atoms with Crippen LogP contribution >= 0.6 is 0 Å². The summed E-state index contributed by atoms with van der Waals surface area (Å²) >= 11 is 0. The summed E-state index contributed by atoms with van der Waals surface area (Å²) in [6.07, 6.45) is 0. The summed E-state index contributed by atoms with van der Waals surface area (Å²) in [4.78, 5) is 0. The summed E-state index contributed by atoms with van der Waals surface area (Å²) in [6.45, 7) is 2.64. The molecule has 0 aliphatic rings. The van der Waals surface area contributed by atoms with Crippen LogP contribution in [0.25, 0.3) is 0 Å². The number of nitrogens with one attached hydrogen (secondary N) is 1. The normalized spacial score (nSPS) is 12.5. The fraction of sp³-hybridized carbons (Fsp3) is 0.455. The average Bonchev–Trinajstić information content (AvgIpc) is 2.27.